The molecule has 4 rings (SSSR count). The Morgan fingerprint density at radius 1 is 1.02 bits per heavy atom. The van der Waals surface area contributed by atoms with Crippen LogP contribution in [0.1, 0.15) is 55.2 Å². The van der Waals surface area contributed by atoms with Crippen LogP contribution >= 0.6 is 0 Å². The summed E-state index contributed by atoms with van der Waals surface area (Å²) in [5.41, 5.74) is 4.12. The Morgan fingerprint density at radius 2 is 1.71 bits per heavy atom. The number of pyridine rings is 1. The van der Waals surface area contributed by atoms with Crippen LogP contribution in [0.15, 0.2) is 54.6 Å². The summed E-state index contributed by atoms with van der Waals surface area (Å²) in [6, 6.07) is 15.2. The average molecular weight is 629 g/mol. The Kier molecular flexibility index (Phi) is 9.99. The molecule has 0 bridgehead atoms. The number of ether oxygens (including phenoxy) is 1. The monoisotopic (exact) mass is 628 g/mol. The molecule has 2 aromatic carbocycles. The largest absolute Gasteiger partial charge is 0.493 e. The molecule has 3 amide bonds. The van der Waals surface area contributed by atoms with Gasteiger partial charge in [0.15, 0.2) is 0 Å². The number of alkyl halides is 3. The van der Waals surface area contributed by atoms with Crippen molar-refractivity contribution >= 4 is 34.6 Å². The summed E-state index contributed by atoms with van der Waals surface area (Å²) in [7, 11) is 0. The Morgan fingerprint density at radius 3 is 2.38 bits per heavy atom. The third kappa shape index (κ3) is 8.93. The minimum atomic E-state index is -5.32. The highest BCUT2D eigenvalue weighted by Gasteiger charge is 2.43. The van der Waals surface area contributed by atoms with Gasteiger partial charge in [-0.1, -0.05) is 39.0 Å². The predicted molar refractivity (Wildman–Crippen MR) is 158 cm³/mol. The van der Waals surface area contributed by atoms with E-state index in [1.807, 2.05) is 58.0 Å². The third-order valence-electron chi connectivity index (χ3n) is 7.22. The molecule has 1 aliphatic heterocycles. The van der Waals surface area contributed by atoms with Crippen molar-refractivity contribution in [3.05, 3.63) is 71.4 Å². The molecule has 13 heteroatoms. The van der Waals surface area contributed by atoms with Crippen molar-refractivity contribution in [1.29, 1.82) is 0 Å². The SMILES string of the molecule is Cc1cc(COc2ccc(C(=O)N[C@@H]3CCN(C(=O)CC(C)(C)C)C[C@H]3C(=O)NOC(=O)C(F)(F)F)cc2)c2ccccc2n1. The summed E-state index contributed by atoms with van der Waals surface area (Å²) < 4.78 is 43.7. The van der Waals surface area contributed by atoms with E-state index in [1.165, 1.54) is 4.90 Å². The highest BCUT2D eigenvalue weighted by molar-refractivity contribution is 5.95. The van der Waals surface area contributed by atoms with E-state index < -0.39 is 35.9 Å². The molecule has 3 aromatic rings. The van der Waals surface area contributed by atoms with Gasteiger partial charge in [-0.15, -0.1) is 0 Å². The predicted octanol–water partition coefficient (Wildman–Crippen LogP) is 4.64. The lowest BCUT2D eigenvalue weighted by molar-refractivity contribution is -0.208. The standard InChI is InChI=1S/C32H35F3N4O6/c1-19-15-21(23-7-5-6-8-25(23)36-19)18-44-22-11-9-20(10-12-22)28(41)37-26-13-14-39(27(40)16-31(2,3)4)17-24(26)29(42)38-45-30(43)32(33,34)35/h5-12,15,24,26H,13-14,16-18H2,1-4H3,(H,37,41)(H,38,42)/t24-,26-/m1/s1. The second kappa shape index (κ2) is 13.5. The molecular formula is C32H35F3N4O6. The number of likely N-dealkylation sites (tertiary alicyclic amines) is 1. The van der Waals surface area contributed by atoms with Crippen LogP contribution in [0.3, 0.4) is 0 Å². The second-order valence-corrected chi connectivity index (χ2v) is 12.2. The van der Waals surface area contributed by atoms with E-state index in [0.717, 1.165) is 22.2 Å². The molecular weight excluding hydrogens is 593 g/mol. The first-order chi connectivity index (χ1) is 21.1. The Labute approximate surface area is 258 Å². The number of para-hydroxylation sites is 1. The highest BCUT2D eigenvalue weighted by atomic mass is 19.4. The first kappa shape index (κ1) is 33.2. The molecule has 0 unspecified atom stereocenters. The van der Waals surface area contributed by atoms with Crippen LogP contribution in [0, 0.1) is 18.3 Å². The molecule has 2 N–H and O–H groups in total. The van der Waals surface area contributed by atoms with Crippen LogP contribution in [-0.2, 0) is 25.8 Å². The molecule has 0 aliphatic carbocycles. The van der Waals surface area contributed by atoms with Gasteiger partial charge in [0.1, 0.15) is 12.4 Å². The molecule has 1 saturated heterocycles. The van der Waals surface area contributed by atoms with E-state index in [1.54, 1.807) is 29.7 Å². The first-order valence-electron chi connectivity index (χ1n) is 14.4. The van der Waals surface area contributed by atoms with E-state index >= 15 is 0 Å². The van der Waals surface area contributed by atoms with Gasteiger partial charge >= 0.3 is 12.1 Å². The van der Waals surface area contributed by atoms with Crippen molar-refractivity contribution in [2.45, 2.75) is 59.4 Å². The fourth-order valence-corrected chi connectivity index (χ4v) is 5.04. The Bertz CT molecular complexity index is 1570. The van der Waals surface area contributed by atoms with Gasteiger partial charge in [0, 0.05) is 47.8 Å². The number of carbonyl (C=O) groups is 4. The average Bonchev–Trinajstić information content (AvgIpc) is 2.97. The van der Waals surface area contributed by atoms with Gasteiger partial charge in [0.2, 0.25) is 5.91 Å². The molecule has 0 spiro atoms. The van der Waals surface area contributed by atoms with Crippen LogP contribution in [-0.4, -0.2) is 58.9 Å². The molecule has 0 radical (unpaired) electrons. The van der Waals surface area contributed by atoms with Crippen LogP contribution < -0.4 is 15.5 Å². The minimum Gasteiger partial charge on any atom is -0.489 e. The fraction of sp³-hybridized carbons (Fsp3) is 0.406. The number of fused-ring (bicyclic) bond motifs is 1. The number of amides is 3. The van der Waals surface area contributed by atoms with Crippen molar-refractivity contribution in [3.63, 3.8) is 0 Å². The highest BCUT2D eigenvalue weighted by Crippen LogP contribution is 2.25. The molecule has 45 heavy (non-hydrogen) atoms. The van der Waals surface area contributed by atoms with E-state index in [2.05, 4.69) is 15.1 Å². The maximum atomic E-state index is 13.2. The van der Waals surface area contributed by atoms with E-state index in [0.29, 0.717) is 5.75 Å². The van der Waals surface area contributed by atoms with Crippen LogP contribution in [0.4, 0.5) is 13.2 Å². The number of hydroxylamine groups is 1. The van der Waals surface area contributed by atoms with Gasteiger partial charge < -0.3 is 19.8 Å². The van der Waals surface area contributed by atoms with Crippen molar-refractivity contribution < 1.29 is 41.9 Å². The van der Waals surface area contributed by atoms with E-state index in [9.17, 15) is 32.3 Å². The molecule has 1 aliphatic rings. The Balaban J connectivity index is 1.42. The molecule has 240 valence electrons. The number of rotatable bonds is 7. The normalized spacial score (nSPS) is 17.0. The van der Waals surface area contributed by atoms with Gasteiger partial charge in [-0.2, -0.15) is 18.7 Å². The number of benzene rings is 2. The number of carbonyl (C=O) groups excluding carboxylic acids is 4. The number of hydrogen-bond donors (Lipinski definition) is 2. The third-order valence-corrected chi connectivity index (χ3v) is 7.22. The zero-order valence-corrected chi connectivity index (χ0v) is 25.4. The molecule has 2 heterocycles. The van der Waals surface area contributed by atoms with Crippen molar-refractivity contribution in [3.8, 4) is 5.75 Å². The zero-order valence-electron chi connectivity index (χ0n) is 25.4. The van der Waals surface area contributed by atoms with Crippen molar-refractivity contribution in [2.75, 3.05) is 13.1 Å². The zero-order chi connectivity index (χ0) is 32.9. The minimum absolute atomic E-state index is 0.146. The molecule has 2 atom stereocenters. The molecule has 1 fully saturated rings. The van der Waals surface area contributed by atoms with Gasteiger partial charge in [-0.05, 0) is 55.2 Å². The summed E-state index contributed by atoms with van der Waals surface area (Å²) in [5, 5.41) is 3.72. The lowest BCUT2D eigenvalue weighted by atomic mass is 9.88. The van der Waals surface area contributed by atoms with E-state index in [-0.39, 0.29) is 49.4 Å². The molecule has 0 saturated carbocycles. The van der Waals surface area contributed by atoms with Crippen LogP contribution in [0.25, 0.3) is 10.9 Å². The lowest BCUT2D eigenvalue weighted by Gasteiger charge is -2.38. The maximum Gasteiger partial charge on any atom is 0.493 e. The molecule has 10 nitrogen and oxygen atoms in total. The quantitative estimate of drug-likeness (QED) is 0.365. The van der Waals surface area contributed by atoms with Crippen LogP contribution in [0.5, 0.6) is 5.75 Å². The smallest absolute Gasteiger partial charge is 0.489 e. The summed E-state index contributed by atoms with van der Waals surface area (Å²) >= 11 is 0. The van der Waals surface area contributed by atoms with Gasteiger partial charge in [0.25, 0.3) is 11.8 Å². The summed E-state index contributed by atoms with van der Waals surface area (Å²) in [4.78, 5) is 59.9. The number of halogens is 3. The summed E-state index contributed by atoms with van der Waals surface area (Å²) in [5.74, 6) is -5.13. The summed E-state index contributed by atoms with van der Waals surface area (Å²) in [6.45, 7) is 7.82. The lowest BCUT2D eigenvalue weighted by Crippen LogP contribution is -2.57. The number of aryl methyl sites for hydroxylation is 1. The Hall–Kier alpha value is -4.68. The summed E-state index contributed by atoms with van der Waals surface area (Å²) in [6.07, 6.45) is -5.00. The number of nitrogens with one attached hydrogen (secondary N) is 2. The van der Waals surface area contributed by atoms with E-state index in [4.69, 9.17) is 4.74 Å². The van der Waals surface area contributed by atoms with Crippen molar-refractivity contribution in [2.24, 2.45) is 11.3 Å². The van der Waals surface area contributed by atoms with Gasteiger partial charge in [-0.25, -0.2) is 4.79 Å². The second-order valence-electron chi connectivity index (χ2n) is 12.2. The fourth-order valence-electron chi connectivity index (χ4n) is 5.04. The number of aromatic nitrogens is 1. The number of hydrogen-bond acceptors (Lipinski definition) is 7. The van der Waals surface area contributed by atoms with Crippen molar-refractivity contribution in [1.82, 2.24) is 20.7 Å². The van der Waals surface area contributed by atoms with Crippen LogP contribution in [0.2, 0.25) is 0 Å². The molecule has 1 aromatic heterocycles. The first-order valence-corrected chi connectivity index (χ1v) is 14.4. The van der Waals surface area contributed by atoms with Gasteiger partial charge in [0.05, 0.1) is 11.4 Å². The van der Waals surface area contributed by atoms with Gasteiger partial charge in [-0.3, -0.25) is 19.4 Å². The number of nitrogens with zero attached hydrogens (tertiary/aromatic N) is 2. The number of piperidine rings is 1. The maximum absolute atomic E-state index is 13.2. The topological polar surface area (TPSA) is 127 Å².